The van der Waals surface area contributed by atoms with E-state index >= 15 is 0 Å². The largest absolute Gasteiger partial charge is 0.324 e. The molecule has 4 rings (SSSR count). The Hall–Kier alpha value is -3.03. The molecule has 0 spiro atoms. The number of pyridine rings is 1. The van der Waals surface area contributed by atoms with Gasteiger partial charge in [0.2, 0.25) is 15.9 Å². The van der Waals surface area contributed by atoms with Crippen molar-refractivity contribution in [2.45, 2.75) is 23.8 Å². The van der Waals surface area contributed by atoms with Crippen molar-refractivity contribution in [3.05, 3.63) is 79.1 Å². The van der Waals surface area contributed by atoms with Crippen LogP contribution in [0.15, 0.2) is 84.0 Å². The highest BCUT2D eigenvalue weighted by molar-refractivity contribution is 7.89. The summed E-state index contributed by atoms with van der Waals surface area (Å²) in [6, 6.07) is 20.2. The molecule has 6 nitrogen and oxygen atoms in total. The molecular weight excluding hydrogens is 386 g/mol. The third-order valence-corrected chi connectivity index (χ3v) is 6.66. The zero-order valence-corrected chi connectivity index (χ0v) is 16.5. The molecule has 2 aromatic carbocycles. The Morgan fingerprint density at radius 1 is 1.00 bits per heavy atom. The second kappa shape index (κ2) is 8.14. The fraction of sp³-hybridized carbons (Fsp3) is 0.182. The Morgan fingerprint density at radius 3 is 2.41 bits per heavy atom. The molecule has 0 bridgehead atoms. The van der Waals surface area contributed by atoms with Crippen LogP contribution < -0.4 is 5.32 Å². The van der Waals surface area contributed by atoms with Gasteiger partial charge in [0.05, 0.1) is 6.54 Å². The molecule has 148 valence electrons. The second-order valence-electron chi connectivity index (χ2n) is 6.93. The molecule has 3 aromatic rings. The van der Waals surface area contributed by atoms with Gasteiger partial charge in [0.25, 0.3) is 0 Å². The summed E-state index contributed by atoms with van der Waals surface area (Å²) in [6.07, 6.45) is 4.35. The normalized spacial score (nSPS) is 14.0. The average Bonchev–Trinajstić information content (AvgIpc) is 3.59. The third-order valence-electron chi connectivity index (χ3n) is 4.78. The number of aromatic nitrogens is 1. The molecule has 0 saturated heterocycles. The highest BCUT2D eigenvalue weighted by Crippen LogP contribution is 2.32. The smallest absolute Gasteiger partial charge is 0.245 e. The Labute approximate surface area is 170 Å². The topological polar surface area (TPSA) is 79.4 Å². The lowest BCUT2D eigenvalue weighted by Crippen LogP contribution is -2.39. The monoisotopic (exact) mass is 407 g/mol. The summed E-state index contributed by atoms with van der Waals surface area (Å²) in [5.74, 6) is -0.368. The van der Waals surface area contributed by atoms with E-state index in [1.165, 1.54) is 22.8 Å². The Kier molecular flexibility index (Phi) is 5.42. The number of carbonyl (C=O) groups excluding carboxylic acids is 1. The fourth-order valence-electron chi connectivity index (χ4n) is 3.20. The van der Waals surface area contributed by atoms with Crippen molar-refractivity contribution >= 4 is 21.6 Å². The van der Waals surface area contributed by atoms with E-state index in [2.05, 4.69) is 10.3 Å². The summed E-state index contributed by atoms with van der Waals surface area (Å²) in [7, 11) is -3.78. The summed E-state index contributed by atoms with van der Waals surface area (Å²) < 4.78 is 27.3. The number of para-hydroxylation sites is 1. The van der Waals surface area contributed by atoms with Gasteiger partial charge in [-0.3, -0.25) is 9.78 Å². The Morgan fingerprint density at radius 2 is 1.72 bits per heavy atom. The minimum atomic E-state index is -3.78. The second-order valence-corrected chi connectivity index (χ2v) is 8.82. The minimum absolute atomic E-state index is 0.101. The zero-order chi connectivity index (χ0) is 20.3. The summed E-state index contributed by atoms with van der Waals surface area (Å²) in [5.41, 5.74) is 2.51. The predicted molar refractivity (Wildman–Crippen MR) is 112 cm³/mol. The van der Waals surface area contributed by atoms with Crippen LogP contribution >= 0.6 is 0 Å². The van der Waals surface area contributed by atoms with Gasteiger partial charge >= 0.3 is 0 Å². The van der Waals surface area contributed by atoms with Gasteiger partial charge < -0.3 is 5.32 Å². The van der Waals surface area contributed by atoms with Gasteiger partial charge in [0.1, 0.15) is 4.90 Å². The number of hydrogen-bond donors (Lipinski definition) is 1. The van der Waals surface area contributed by atoms with Crippen LogP contribution in [-0.4, -0.2) is 36.2 Å². The van der Waals surface area contributed by atoms with E-state index in [1.54, 1.807) is 6.07 Å². The van der Waals surface area contributed by atoms with E-state index < -0.39 is 10.0 Å². The maximum absolute atomic E-state index is 13.0. The van der Waals surface area contributed by atoms with Gasteiger partial charge in [-0.15, -0.1) is 0 Å². The first kappa shape index (κ1) is 19.3. The average molecular weight is 407 g/mol. The van der Waals surface area contributed by atoms with E-state index in [-0.39, 0.29) is 23.4 Å². The van der Waals surface area contributed by atoms with E-state index in [1.807, 2.05) is 54.6 Å². The summed E-state index contributed by atoms with van der Waals surface area (Å²) in [5, 5.41) is 2.89. The molecule has 1 amide bonds. The lowest BCUT2D eigenvalue weighted by atomic mass is 10.0. The quantitative estimate of drug-likeness (QED) is 0.650. The lowest BCUT2D eigenvalue weighted by Gasteiger charge is -2.21. The Balaban J connectivity index is 1.55. The van der Waals surface area contributed by atoms with Gasteiger partial charge in [0, 0.05) is 29.7 Å². The van der Waals surface area contributed by atoms with Gasteiger partial charge in [-0.05, 0) is 36.6 Å². The number of sulfonamides is 1. The maximum Gasteiger partial charge on any atom is 0.245 e. The number of hydrogen-bond acceptors (Lipinski definition) is 4. The number of amides is 1. The van der Waals surface area contributed by atoms with Crippen LogP contribution in [0.5, 0.6) is 0 Å². The first-order valence-corrected chi connectivity index (χ1v) is 10.9. The van der Waals surface area contributed by atoms with Gasteiger partial charge in [0.15, 0.2) is 0 Å². The van der Waals surface area contributed by atoms with Crippen LogP contribution in [0.3, 0.4) is 0 Å². The van der Waals surface area contributed by atoms with Gasteiger partial charge in [-0.25, -0.2) is 8.42 Å². The first-order valence-electron chi connectivity index (χ1n) is 9.42. The van der Waals surface area contributed by atoms with E-state index in [0.29, 0.717) is 5.69 Å². The predicted octanol–water partition coefficient (Wildman–Crippen LogP) is 3.54. The summed E-state index contributed by atoms with van der Waals surface area (Å²) in [4.78, 5) is 16.8. The first-order chi connectivity index (χ1) is 14.1. The molecule has 0 unspecified atom stereocenters. The van der Waals surface area contributed by atoms with Crippen molar-refractivity contribution < 1.29 is 13.2 Å². The molecule has 1 aromatic heterocycles. The van der Waals surface area contributed by atoms with Crippen molar-refractivity contribution in [3.8, 4) is 11.1 Å². The SMILES string of the molecule is O=C(CN(C1CC1)S(=O)(=O)c1cccnc1)Nc1ccccc1-c1ccccc1. The van der Waals surface area contributed by atoms with Crippen LogP contribution in [-0.2, 0) is 14.8 Å². The van der Waals surface area contributed by atoms with Crippen molar-refractivity contribution in [3.63, 3.8) is 0 Å². The molecule has 0 radical (unpaired) electrons. The molecule has 0 atom stereocenters. The molecule has 7 heteroatoms. The van der Waals surface area contributed by atoms with E-state index in [4.69, 9.17) is 0 Å². The van der Waals surface area contributed by atoms with Crippen LogP contribution in [0, 0.1) is 0 Å². The highest BCUT2D eigenvalue weighted by atomic mass is 32.2. The van der Waals surface area contributed by atoms with E-state index in [0.717, 1.165) is 24.0 Å². The zero-order valence-electron chi connectivity index (χ0n) is 15.7. The van der Waals surface area contributed by atoms with E-state index in [9.17, 15) is 13.2 Å². The number of nitrogens with zero attached hydrogens (tertiary/aromatic N) is 2. The van der Waals surface area contributed by atoms with Crippen LogP contribution in [0.1, 0.15) is 12.8 Å². The highest BCUT2D eigenvalue weighted by Gasteiger charge is 2.39. The fourth-order valence-corrected chi connectivity index (χ4v) is 4.81. The molecule has 1 aliphatic carbocycles. The van der Waals surface area contributed by atoms with Crippen molar-refractivity contribution in [2.75, 3.05) is 11.9 Å². The Bertz CT molecular complexity index is 1100. The standard InChI is InChI=1S/C22H21N3O3S/c26-22(24-21-11-5-4-10-20(21)17-7-2-1-3-8-17)16-25(18-12-13-18)29(27,28)19-9-6-14-23-15-19/h1-11,14-15,18H,12-13,16H2,(H,24,26). The molecule has 1 saturated carbocycles. The molecule has 0 aliphatic heterocycles. The van der Waals surface area contributed by atoms with Crippen LogP contribution in [0.4, 0.5) is 5.69 Å². The van der Waals surface area contributed by atoms with Crippen molar-refractivity contribution in [1.82, 2.24) is 9.29 Å². The van der Waals surface area contributed by atoms with Gasteiger partial charge in [-0.1, -0.05) is 48.5 Å². The summed E-state index contributed by atoms with van der Waals surface area (Å²) >= 11 is 0. The molecule has 29 heavy (non-hydrogen) atoms. The van der Waals surface area contributed by atoms with Crippen molar-refractivity contribution in [2.24, 2.45) is 0 Å². The number of nitrogens with one attached hydrogen (secondary N) is 1. The molecule has 1 fully saturated rings. The lowest BCUT2D eigenvalue weighted by molar-refractivity contribution is -0.116. The number of benzene rings is 2. The number of anilines is 1. The molecule has 1 N–H and O–H groups in total. The van der Waals surface area contributed by atoms with Gasteiger partial charge in [-0.2, -0.15) is 4.31 Å². The molecule has 1 heterocycles. The van der Waals surface area contributed by atoms with Crippen LogP contribution in [0.25, 0.3) is 11.1 Å². The minimum Gasteiger partial charge on any atom is -0.324 e. The molecule has 1 aliphatic rings. The van der Waals surface area contributed by atoms with Crippen molar-refractivity contribution in [1.29, 1.82) is 0 Å². The third kappa shape index (κ3) is 4.36. The summed E-state index contributed by atoms with van der Waals surface area (Å²) in [6.45, 7) is -0.231. The number of rotatable bonds is 7. The van der Waals surface area contributed by atoms with Crippen LogP contribution in [0.2, 0.25) is 0 Å². The maximum atomic E-state index is 13.0. The molecular formula is C22H21N3O3S. The number of carbonyl (C=O) groups is 1.